The average Bonchev–Trinajstić information content (AvgIpc) is 2.10. The first-order chi connectivity index (χ1) is 6.59. The van der Waals surface area contributed by atoms with Crippen molar-refractivity contribution in [3.05, 3.63) is 29.6 Å². The topological polar surface area (TPSA) is 61.3 Å². The smallest absolute Gasteiger partial charge is 0.146 e. The van der Waals surface area contributed by atoms with Crippen LogP contribution in [0.15, 0.2) is 18.2 Å². The van der Waals surface area contributed by atoms with Crippen LogP contribution < -0.4 is 11.5 Å². The Morgan fingerprint density at radius 3 is 2.79 bits per heavy atom. The van der Waals surface area contributed by atoms with Gasteiger partial charge in [-0.1, -0.05) is 6.07 Å². The van der Waals surface area contributed by atoms with Crippen molar-refractivity contribution >= 4 is 5.69 Å². The Hall–Kier alpha value is -1.13. The molecule has 1 aromatic carbocycles. The van der Waals surface area contributed by atoms with Gasteiger partial charge in [-0.2, -0.15) is 0 Å². The number of anilines is 1. The largest absolute Gasteiger partial charge is 0.396 e. The fourth-order valence-corrected chi connectivity index (χ4v) is 1.05. The lowest BCUT2D eigenvalue weighted by Gasteiger charge is -2.07. The minimum absolute atomic E-state index is 0.00722. The Kier molecular flexibility index (Phi) is 3.85. The van der Waals surface area contributed by atoms with E-state index in [0.29, 0.717) is 13.2 Å². The quantitative estimate of drug-likeness (QED) is 0.716. The molecular weight excluding hydrogens is 183 g/mol. The third kappa shape index (κ3) is 3.32. The molecule has 0 fully saturated rings. The first-order valence-electron chi connectivity index (χ1n) is 4.47. The second-order valence-electron chi connectivity index (χ2n) is 3.35. The number of hydrogen-bond acceptors (Lipinski definition) is 3. The standard InChI is InChI=1S/C10H15FN2O/c1-7(12)5-14-6-8-2-3-9(11)10(13)4-8/h2-4,7H,5-6,12-13H2,1H3. The SMILES string of the molecule is CC(N)COCc1ccc(F)c(N)c1. The summed E-state index contributed by atoms with van der Waals surface area (Å²) in [7, 11) is 0. The average molecular weight is 198 g/mol. The highest BCUT2D eigenvalue weighted by molar-refractivity contribution is 5.42. The Morgan fingerprint density at radius 1 is 1.50 bits per heavy atom. The van der Waals surface area contributed by atoms with Gasteiger partial charge in [-0.15, -0.1) is 0 Å². The minimum Gasteiger partial charge on any atom is -0.396 e. The van der Waals surface area contributed by atoms with E-state index in [2.05, 4.69) is 0 Å². The van der Waals surface area contributed by atoms with Crippen LogP contribution in [0.4, 0.5) is 10.1 Å². The molecule has 0 saturated carbocycles. The van der Waals surface area contributed by atoms with E-state index in [0.717, 1.165) is 5.56 Å². The number of rotatable bonds is 4. The van der Waals surface area contributed by atoms with Crippen molar-refractivity contribution in [2.75, 3.05) is 12.3 Å². The van der Waals surface area contributed by atoms with E-state index in [1.807, 2.05) is 6.92 Å². The van der Waals surface area contributed by atoms with Crippen molar-refractivity contribution in [3.8, 4) is 0 Å². The Balaban J connectivity index is 2.47. The summed E-state index contributed by atoms with van der Waals surface area (Å²) in [6, 6.07) is 4.55. The van der Waals surface area contributed by atoms with Gasteiger partial charge >= 0.3 is 0 Å². The highest BCUT2D eigenvalue weighted by Crippen LogP contribution is 2.12. The molecular formula is C10H15FN2O. The van der Waals surface area contributed by atoms with Gasteiger partial charge in [0.2, 0.25) is 0 Å². The summed E-state index contributed by atoms with van der Waals surface area (Å²) in [4.78, 5) is 0. The van der Waals surface area contributed by atoms with Crippen LogP contribution in [0.5, 0.6) is 0 Å². The fourth-order valence-electron chi connectivity index (χ4n) is 1.05. The van der Waals surface area contributed by atoms with Crippen LogP contribution in [0.2, 0.25) is 0 Å². The van der Waals surface area contributed by atoms with Crippen LogP contribution in [-0.2, 0) is 11.3 Å². The van der Waals surface area contributed by atoms with Gasteiger partial charge in [0.25, 0.3) is 0 Å². The van der Waals surface area contributed by atoms with Crippen LogP contribution in [0.3, 0.4) is 0 Å². The number of nitrogen functional groups attached to an aromatic ring is 1. The molecule has 0 spiro atoms. The summed E-state index contributed by atoms with van der Waals surface area (Å²) in [5.74, 6) is -0.402. The second-order valence-corrected chi connectivity index (χ2v) is 3.35. The molecule has 0 amide bonds. The molecule has 1 atom stereocenters. The van der Waals surface area contributed by atoms with E-state index >= 15 is 0 Å². The number of hydrogen-bond donors (Lipinski definition) is 2. The molecule has 3 nitrogen and oxygen atoms in total. The van der Waals surface area contributed by atoms with E-state index in [4.69, 9.17) is 16.2 Å². The monoisotopic (exact) mass is 198 g/mol. The molecule has 0 aliphatic carbocycles. The minimum atomic E-state index is -0.402. The van der Waals surface area contributed by atoms with Gasteiger partial charge in [0.1, 0.15) is 5.82 Å². The van der Waals surface area contributed by atoms with E-state index in [9.17, 15) is 4.39 Å². The number of halogens is 1. The van der Waals surface area contributed by atoms with Crippen LogP contribution in [0, 0.1) is 5.82 Å². The van der Waals surface area contributed by atoms with Crippen LogP contribution >= 0.6 is 0 Å². The number of ether oxygens (including phenoxy) is 1. The molecule has 78 valence electrons. The zero-order valence-corrected chi connectivity index (χ0v) is 8.16. The van der Waals surface area contributed by atoms with Gasteiger partial charge in [-0.3, -0.25) is 0 Å². The lowest BCUT2D eigenvalue weighted by atomic mass is 10.2. The highest BCUT2D eigenvalue weighted by atomic mass is 19.1. The molecule has 4 N–H and O–H groups in total. The molecule has 0 heterocycles. The number of nitrogens with two attached hydrogens (primary N) is 2. The number of benzene rings is 1. The third-order valence-corrected chi connectivity index (χ3v) is 1.71. The van der Waals surface area contributed by atoms with Crippen LogP contribution in [-0.4, -0.2) is 12.6 Å². The first kappa shape index (κ1) is 10.9. The van der Waals surface area contributed by atoms with Crippen LogP contribution in [0.25, 0.3) is 0 Å². The molecule has 0 radical (unpaired) electrons. The molecule has 1 unspecified atom stereocenters. The Bertz CT molecular complexity index is 302. The summed E-state index contributed by atoms with van der Waals surface area (Å²) < 4.78 is 18.0. The predicted octanol–water partition coefficient (Wildman–Crippen LogP) is 1.27. The molecule has 4 heteroatoms. The van der Waals surface area contributed by atoms with E-state index in [1.165, 1.54) is 6.07 Å². The van der Waals surface area contributed by atoms with Gasteiger partial charge in [0.05, 0.1) is 18.9 Å². The van der Waals surface area contributed by atoms with Gasteiger partial charge in [0.15, 0.2) is 0 Å². The first-order valence-corrected chi connectivity index (χ1v) is 4.47. The van der Waals surface area contributed by atoms with Crippen molar-refractivity contribution in [2.45, 2.75) is 19.6 Å². The fraction of sp³-hybridized carbons (Fsp3) is 0.400. The normalized spacial score (nSPS) is 12.8. The zero-order chi connectivity index (χ0) is 10.6. The van der Waals surface area contributed by atoms with Gasteiger partial charge in [-0.25, -0.2) is 4.39 Å². The molecule has 1 rings (SSSR count). The third-order valence-electron chi connectivity index (χ3n) is 1.71. The van der Waals surface area contributed by atoms with E-state index in [-0.39, 0.29) is 11.7 Å². The zero-order valence-electron chi connectivity index (χ0n) is 8.16. The maximum absolute atomic E-state index is 12.8. The van der Waals surface area contributed by atoms with Gasteiger partial charge < -0.3 is 16.2 Å². The molecule has 0 aliphatic heterocycles. The molecule has 0 aromatic heterocycles. The molecule has 0 aliphatic rings. The lowest BCUT2D eigenvalue weighted by molar-refractivity contribution is 0.111. The van der Waals surface area contributed by atoms with E-state index < -0.39 is 5.82 Å². The van der Waals surface area contributed by atoms with Crippen molar-refractivity contribution in [1.82, 2.24) is 0 Å². The summed E-state index contributed by atoms with van der Waals surface area (Å²) in [6.45, 7) is 2.75. The Labute approximate surface area is 82.9 Å². The molecule has 0 saturated heterocycles. The second kappa shape index (κ2) is 4.93. The van der Waals surface area contributed by atoms with Gasteiger partial charge in [-0.05, 0) is 24.6 Å². The highest BCUT2D eigenvalue weighted by Gasteiger charge is 2.00. The summed E-state index contributed by atoms with van der Waals surface area (Å²) in [6.07, 6.45) is 0. The predicted molar refractivity (Wildman–Crippen MR) is 54.1 cm³/mol. The van der Waals surface area contributed by atoms with Crippen molar-refractivity contribution in [3.63, 3.8) is 0 Å². The summed E-state index contributed by atoms with van der Waals surface area (Å²) in [5.41, 5.74) is 11.9. The molecule has 1 aromatic rings. The van der Waals surface area contributed by atoms with Crippen LogP contribution in [0.1, 0.15) is 12.5 Å². The van der Waals surface area contributed by atoms with Crippen molar-refractivity contribution in [2.24, 2.45) is 5.73 Å². The summed E-state index contributed by atoms with van der Waals surface area (Å²) in [5, 5.41) is 0. The van der Waals surface area contributed by atoms with E-state index in [1.54, 1.807) is 12.1 Å². The lowest BCUT2D eigenvalue weighted by Crippen LogP contribution is -2.21. The van der Waals surface area contributed by atoms with Gasteiger partial charge in [0, 0.05) is 6.04 Å². The van der Waals surface area contributed by atoms with Crippen molar-refractivity contribution in [1.29, 1.82) is 0 Å². The maximum Gasteiger partial charge on any atom is 0.146 e. The maximum atomic E-state index is 12.8. The summed E-state index contributed by atoms with van der Waals surface area (Å²) >= 11 is 0. The molecule has 0 bridgehead atoms. The van der Waals surface area contributed by atoms with Crippen molar-refractivity contribution < 1.29 is 9.13 Å². The molecule has 14 heavy (non-hydrogen) atoms. The Morgan fingerprint density at radius 2 is 2.21 bits per heavy atom.